The topological polar surface area (TPSA) is 58.2 Å². The number of carbonyl (C=O) groups is 2. The summed E-state index contributed by atoms with van der Waals surface area (Å²) in [6.07, 6.45) is 3.06. The lowest BCUT2D eigenvalue weighted by atomic mass is 10.0. The molecule has 1 aliphatic carbocycles. The molecule has 0 saturated heterocycles. The molecule has 0 radical (unpaired) electrons. The Bertz CT molecular complexity index is 536. The zero-order valence-corrected chi connectivity index (χ0v) is 13.4. The zero-order chi connectivity index (χ0) is 15.5. The number of amides is 2. The molecule has 0 spiro atoms. The van der Waals surface area contributed by atoms with Gasteiger partial charge in [-0.1, -0.05) is 36.5 Å². The van der Waals surface area contributed by atoms with Gasteiger partial charge in [0, 0.05) is 22.3 Å². The van der Waals surface area contributed by atoms with Crippen molar-refractivity contribution >= 4 is 40.7 Å². The predicted octanol–water partition coefficient (Wildman–Crippen LogP) is 3.63. The van der Waals surface area contributed by atoms with Gasteiger partial charge in [0.1, 0.15) is 5.41 Å². The minimum Gasteiger partial charge on any atom is -0.355 e. The van der Waals surface area contributed by atoms with Crippen molar-refractivity contribution in [3.05, 3.63) is 28.2 Å². The monoisotopic (exact) mass is 328 g/mol. The summed E-state index contributed by atoms with van der Waals surface area (Å²) in [6, 6.07) is 4.80. The number of anilines is 1. The fourth-order valence-corrected chi connectivity index (χ4v) is 2.63. The summed E-state index contributed by atoms with van der Waals surface area (Å²) in [5.41, 5.74) is -0.423. The highest BCUT2D eigenvalue weighted by Crippen LogP contribution is 2.47. The van der Waals surface area contributed by atoms with E-state index in [1.54, 1.807) is 18.2 Å². The first kappa shape index (κ1) is 16.1. The standard InChI is InChI=1S/C15H18Cl2N2O2/c1-2-3-6-18-13(20)15(4-5-15)14(21)19-12-8-10(16)7-11(17)9-12/h7-9H,2-6H2,1H3,(H,18,20)(H,19,21). The van der Waals surface area contributed by atoms with Crippen LogP contribution in [0.5, 0.6) is 0 Å². The molecule has 2 N–H and O–H groups in total. The summed E-state index contributed by atoms with van der Waals surface area (Å²) in [7, 11) is 0. The van der Waals surface area contributed by atoms with Crippen molar-refractivity contribution in [2.24, 2.45) is 5.41 Å². The second-order valence-corrected chi connectivity index (χ2v) is 6.18. The second-order valence-electron chi connectivity index (χ2n) is 5.30. The third-order valence-electron chi connectivity index (χ3n) is 3.56. The van der Waals surface area contributed by atoms with Crippen molar-refractivity contribution in [1.29, 1.82) is 0 Å². The van der Waals surface area contributed by atoms with E-state index in [9.17, 15) is 9.59 Å². The van der Waals surface area contributed by atoms with Crippen LogP contribution in [0.2, 0.25) is 10.0 Å². The molecule has 1 fully saturated rings. The van der Waals surface area contributed by atoms with Gasteiger partial charge in [0.2, 0.25) is 11.8 Å². The number of nitrogens with one attached hydrogen (secondary N) is 2. The van der Waals surface area contributed by atoms with Gasteiger partial charge in [-0.25, -0.2) is 0 Å². The number of hydrogen-bond acceptors (Lipinski definition) is 2. The summed E-state index contributed by atoms with van der Waals surface area (Å²) in [5, 5.41) is 6.43. The van der Waals surface area contributed by atoms with E-state index in [0.29, 0.717) is 35.1 Å². The van der Waals surface area contributed by atoms with E-state index < -0.39 is 5.41 Å². The molecule has 4 nitrogen and oxygen atoms in total. The third kappa shape index (κ3) is 3.89. The van der Waals surface area contributed by atoms with Crippen molar-refractivity contribution < 1.29 is 9.59 Å². The molecule has 1 aromatic carbocycles. The van der Waals surface area contributed by atoms with Crippen LogP contribution in [0.25, 0.3) is 0 Å². The van der Waals surface area contributed by atoms with Gasteiger partial charge in [0.05, 0.1) is 0 Å². The van der Waals surface area contributed by atoms with Crippen LogP contribution in [0, 0.1) is 5.41 Å². The molecule has 0 bridgehead atoms. The molecule has 114 valence electrons. The van der Waals surface area contributed by atoms with Crippen LogP contribution < -0.4 is 10.6 Å². The largest absolute Gasteiger partial charge is 0.355 e. The number of rotatable bonds is 6. The summed E-state index contributed by atoms with van der Waals surface area (Å²) >= 11 is 11.8. The van der Waals surface area contributed by atoms with Crippen molar-refractivity contribution in [2.75, 3.05) is 11.9 Å². The quantitative estimate of drug-likeness (QED) is 0.618. The molecular weight excluding hydrogens is 311 g/mol. The Morgan fingerprint density at radius 2 is 1.76 bits per heavy atom. The molecule has 2 amide bonds. The maximum atomic E-state index is 12.3. The van der Waals surface area contributed by atoms with Crippen LogP contribution in [0.3, 0.4) is 0 Å². The molecular formula is C15H18Cl2N2O2. The van der Waals surface area contributed by atoms with E-state index >= 15 is 0 Å². The van der Waals surface area contributed by atoms with E-state index in [0.717, 1.165) is 12.8 Å². The molecule has 21 heavy (non-hydrogen) atoms. The van der Waals surface area contributed by atoms with Gasteiger partial charge in [-0.15, -0.1) is 0 Å². The van der Waals surface area contributed by atoms with Crippen molar-refractivity contribution in [1.82, 2.24) is 5.32 Å². The molecule has 1 aromatic rings. The Kier molecular flexibility index (Phi) is 5.12. The van der Waals surface area contributed by atoms with Gasteiger partial charge in [-0.05, 0) is 37.5 Å². The molecule has 1 aliphatic rings. The van der Waals surface area contributed by atoms with Crippen molar-refractivity contribution in [2.45, 2.75) is 32.6 Å². The summed E-state index contributed by atoms with van der Waals surface area (Å²) in [4.78, 5) is 24.5. The molecule has 1 saturated carbocycles. The van der Waals surface area contributed by atoms with Gasteiger partial charge in [-0.3, -0.25) is 9.59 Å². The smallest absolute Gasteiger partial charge is 0.240 e. The van der Waals surface area contributed by atoms with E-state index in [1.165, 1.54) is 0 Å². The van der Waals surface area contributed by atoms with Crippen LogP contribution in [0.1, 0.15) is 32.6 Å². The fraction of sp³-hybridized carbons (Fsp3) is 0.467. The Morgan fingerprint density at radius 1 is 1.14 bits per heavy atom. The van der Waals surface area contributed by atoms with E-state index in [1.807, 2.05) is 0 Å². The number of halogens is 2. The van der Waals surface area contributed by atoms with Crippen molar-refractivity contribution in [3.63, 3.8) is 0 Å². The number of benzene rings is 1. The van der Waals surface area contributed by atoms with Gasteiger partial charge in [0.15, 0.2) is 0 Å². The Balaban J connectivity index is 2.00. The molecule has 6 heteroatoms. The van der Waals surface area contributed by atoms with Crippen LogP contribution in [-0.2, 0) is 9.59 Å². The SMILES string of the molecule is CCCCNC(=O)C1(C(=O)Nc2cc(Cl)cc(Cl)c2)CC1. The maximum Gasteiger partial charge on any atom is 0.240 e. The Morgan fingerprint density at radius 3 is 2.29 bits per heavy atom. The van der Waals surface area contributed by atoms with E-state index in [2.05, 4.69) is 17.6 Å². The Hall–Kier alpha value is -1.26. The lowest BCUT2D eigenvalue weighted by Crippen LogP contribution is -2.40. The lowest BCUT2D eigenvalue weighted by Gasteiger charge is -2.15. The predicted molar refractivity (Wildman–Crippen MR) is 84.7 cm³/mol. The van der Waals surface area contributed by atoms with E-state index in [4.69, 9.17) is 23.2 Å². The van der Waals surface area contributed by atoms with Crippen LogP contribution in [0.15, 0.2) is 18.2 Å². The minimum atomic E-state index is -0.928. The van der Waals surface area contributed by atoms with E-state index in [-0.39, 0.29) is 11.8 Å². The van der Waals surface area contributed by atoms with Gasteiger partial charge >= 0.3 is 0 Å². The molecule has 2 rings (SSSR count). The van der Waals surface area contributed by atoms with Crippen molar-refractivity contribution in [3.8, 4) is 0 Å². The molecule has 0 heterocycles. The highest BCUT2D eigenvalue weighted by atomic mass is 35.5. The highest BCUT2D eigenvalue weighted by molar-refractivity contribution is 6.35. The zero-order valence-electron chi connectivity index (χ0n) is 11.8. The van der Waals surface area contributed by atoms with Gasteiger partial charge in [-0.2, -0.15) is 0 Å². The molecule has 0 aromatic heterocycles. The van der Waals surface area contributed by atoms with Crippen LogP contribution >= 0.6 is 23.2 Å². The third-order valence-corrected chi connectivity index (χ3v) is 3.99. The van der Waals surface area contributed by atoms with Crippen LogP contribution in [0.4, 0.5) is 5.69 Å². The first-order valence-electron chi connectivity index (χ1n) is 7.04. The number of hydrogen-bond donors (Lipinski definition) is 2. The summed E-state index contributed by atoms with van der Waals surface area (Å²) < 4.78 is 0. The first-order chi connectivity index (χ1) is 9.98. The summed E-state index contributed by atoms with van der Waals surface area (Å²) in [6.45, 7) is 2.65. The number of unbranched alkanes of at least 4 members (excludes halogenated alkanes) is 1. The molecule has 0 unspecified atom stereocenters. The molecule has 0 atom stereocenters. The number of carbonyl (C=O) groups excluding carboxylic acids is 2. The molecule has 0 aliphatic heterocycles. The lowest BCUT2D eigenvalue weighted by molar-refractivity contribution is -0.134. The fourth-order valence-electron chi connectivity index (χ4n) is 2.11. The van der Waals surface area contributed by atoms with Crippen LogP contribution in [-0.4, -0.2) is 18.4 Å². The normalized spacial score (nSPS) is 15.4. The second kappa shape index (κ2) is 6.67. The first-order valence-corrected chi connectivity index (χ1v) is 7.79. The average Bonchev–Trinajstić information content (AvgIpc) is 3.19. The highest BCUT2D eigenvalue weighted by Gasteiger charge is 2.56. The average molecular weight is 329 g/mol. The summed E-state index contributed by atoms with van der Waals surface area (Å²) in [5.74, 6) is -0.489. The maximum absolute atomic E-state index is 12.3. The Labute approximate surface area is 134 Å². The van der Waals surface area contributed by atoms with Gasteiger partial charge < -0.3 is 10.6 Å². The van der Waals surface area contributed by atoms with Gasteiger partial charge in [0.25, 0.3) is 0 Å². The minimum absolute atomic E-state index is 0.193.